The third-order valence-corrected chi connectivity index (χ3v) is 2.40. The molecule has 14 heavy (non-hydrogen) atoms. The van der Waals surface area contributed by atoms with Crippen molar-refractivity contribution in [1.82, 2.24) is 9.38 Å². The Kier molecular flexibility index (Phi) is 2.25. The van der Waals surface area contributed by atoms with Crippen LogP contribution in [0.4, 0.5) is 0 Å². The van der Waals surface area contributed by atoms with E-state index in [-0.39, 0.29) is 0 Å². The highest BCUT2D eigenvalue weighted by Crippen LogP contribution is 2.15. The van der Waals surface area contributed by atoms with E-state index in [1.807, 2.05) is 16.7 Å². The monoisotopic (exact) mass is 189 g/mol. The summed E-state index contributed by atoms with van der Waals surface area (Å²) in [5.74, 6) is 0.545. The normalized spacial score (nSPS) is 11.4. The Morgan fingerprint density at radius 3 is 2.79 bits per heavy atom. The number of hydrogen-bond acceptors (Lipinski definition) is 2. The minimum absolute atomic E-state index is 0.499. The first-order chi connectivity index (χ1) is 6.70. The van der Waals surface area contributed by atoms with Crippen molar-refractivity contribution in [2.24, 2.45) is 5.73 Å². The quantitative estimate of drug-likeness (QED) is 0.784. The molecule has 0 aliphatic heterocycles. The van der Waals surface area contributed by atoms with Gasteiger partial charge in [0.25, 0.3) is 0 Å². The van der Waals surface area contributed by atoms with Gasteiger partial charge in [-0.25, -0.2) is 4.98 Å². The number of nitrogens with zero attached hydrogens (tertiary/aromatic N) is 2. The lowest BCUT2D eigenvalue weighted by molar-refractivity contribution is 0.853. The molecule has 2 aromatic rings. The second kappa shape index (κ2) is 3.42. The summed E-state index contributed by atoms with van der Waals surface area (Å²) in [5, 5.41) is 0. The van der Waals surface area contributed by atoms with Crippen LogP contribution in [0.15, 0.2) is 24.5 Å². The molecule has 2 heterocycles. The van der Waals surface area contributed by atoms with Gasteiger partial charge < -0.3 is 10.1 Å². The van der Waals surface area contributed by atoms with Crippen LogP contribution in [0.25, 0.3) is 5.65 Å². The van der Waals surface area contributed by atoms with Crippen LogP contribution in [-0.4, -0.2) is 9.38 Å². The summed E-state index contributed by atoms with van der Waals surface area (Å²) < 4.78 is 2.04. The van der Waals surface area contributed by atoms with Gasteiger partial charge in [0, 0.05) is 18.9 Å². The third-order valence-electron chi connectivity index (χ3n) is 2.40. The summed E-state index contributed by atoms with van der Waals surface area (Å²) in [5.41, 5.74) is 8.76. The van der Waals surface area contributed by atoms with Crippen molar-refractivity contribution in [1.29, 1.82) is 0 Å². The zero-order chi connectivity index (χ0) is 10.1. The number of aromatic nitrogens is 2. The average molecular weight is 189 g/mol. The number of imidazole rings is 1. The molecule has 0 saturated carbocycles. The largest absolute Gasteiger partial charge is 0.325 e. The Morgan fingerprint density at radius 1 is 1.36 bits per heavy atom. The van der Waals surface area contributed by atoms with Crippen LogP contribution in [-0.2, 0) is 6.54 Å². The van der Waals surface area contributed by atoms with Crippen LogP contribution in [0.5, 0.6) is 0 Å². The van der Waals surface area contributed by atoms with Crippen molar-refractivity contribution in [2.45, 2.75) is 26.3 Å². The molecule has 3 nitrogen and oxygen atoms in total. The van der Waals surface area contributed by atoms with Crippen LogP contribution >= 0.6 is 0 Å². The maximum atomic E-state index is 5.54. The molecule has 0 saturated heterocycles. The molecule has 0 unspecified atom stereocenters. The molecule has 3 heteroatoms. The molecule has 0 aromatic carbocycles. The second-order valence-electron chi connectivity index (χ2n) is 3.82. The highest BCUT2D eigenvalue weighted by atomic mass is 15.0. The molecule has 74 valence electrons. The van der Waals surface area contributed by atoms with Gasteiger partial charge in [-0.15, -0.1) is 0 Å². The zero-order valence-corrected chi connectivity index (χ0v) is 8.57. The van der Waals surface area contributed by atoms with Crippen LogP contribution in [0.1, 0.15) is 31.0 Å². The predicted octanol–water partition coefficient (Wildman–Crippen LogP) is 1.92. The fourth-order valence-corrected chi connectivity index (χ4v) is 1.50. The number of pyridine rings is 1. The maximum absolute atomic E-state index is 5.54. The molecular formula is C11H15N3. The SMILES string of the molecule is CC(C)c1ccc2nc(CN)cn2c1. The van der Waals surface area contributed by atoms with Gasteiger partial charge in [0.1, 0.15) is 5.65 Å². The lowest BCUT2D eigenvalue weighted by Gasteiger charge is -2.04. The van der Waals surface area contributed by atoms with Crippen LogP contribution in [0.2, 0.25) is 0 Å². The Labute approximate surface area is 83.6 Å². The van der Waals surface area contributed by atoms with Crippen LogP contribution in [0.3, 0.4) is 0 Å². The summed E-state index contributed by atoms with van der Waals surface area (Å²) in [4.78, 5) is 4.37. The summed E-state index contributed by atoms with van der Waals surface area (Å²) in [6.45, 7) is 4.86. The highest BCUT2D eigenvalue weighted by molar-refractivity contribution is 5.41. The van der Waals surface area contributed by atoms with Crippen LogP contribution < -0.4 is 5.73 Å². The van der Waals surface area contributed by atoms with Crippen molar-refractivity contribution < 1.29 is 0 Å². The molecule has 0 spiro atoms. The van der Waals surface area contributed by atoms with E-state index < -0.39 is 0 Å². The van der Waals surface area contributed by atoms with Crippen molar-refractivity contribution >= 4 is 5.65 Å². The molecule has 0 atom stereocenters. The molecule has 2 N–H and O–H groups in total. The van der Waals surface area contributed by atoms with Gasteiger partial charge in [0.2, 0.25) is 0 Å². The van der Waals surface area contributed by atoms with E-state index in [0.717, 1.165) is 11.3 Å². The number of hydrogen-bond donors (Lipinski definition) is 1. The Hall–Kier alpha value is -1.35. The van der Waals surface area contributed by atoms with Gasteiger partial charge >= 0.3 is 0 Å². The minimum Gasteiger partial charge on any atom is -0.325 e. The number of nitrogens with two attached hydrogens (primary N) is 1. The molecule has 0 aliphatic carbocycles. The molecule has 0 radical (unpaired) electrons. The van der Waals surface area contributed by atoms with E-state index in [0.29, 0.717) is 12.5 Å². The lowest BCUT2D eigenvalue weighted by Crippen LogP contribution is -1.95. The fraction of sp³-hybridized carbons (Fsp3) is 0.364. The van der Waals surface area contributed by atoms with Crippen molar-refractivity contribution in [2.75, 3.05) is 0 Å². The van der Waals surface area contributed by atoms with Crippen LogP contribution in [0, 0.1) is 0 Å². The minimum atomic E-state index is 0.499. The van der Waals surface area contributed by atoms with Crippen molar-refractivity contribution in [3.8, 4) is 0 Å². The molecule has 0 bridgehead atoms. The molecule has 0 aliphatic rings. The molecule has 2 aromatic heterocycles. The summed E-state index contributed by atoms with van der Waals surface area (Å²) in [6, 6.07) is 4.15. The molecular weight excluding hydrogens is 174 g/mol. The number of rotatable bonds is 2. The number of fused-ring (bicyclic) bond motifs is 1. The second-order valence-corrected chi connectivity index (χ2v) is 3.82. The third kappa shape index (κ3) is 1.51. The molecule has 0 amide bonds. The summed E-state index contributed by atoms with van der Waals surface area (Å²) in [6.07, 6.45) is 4.10. The van der Waals surface area contributed by atoms with E-state index >= 15 is 0 Å². The van der Waals surface area contributed by atoms with Gasteiger partial charge in [-0.3, -0.25) is 0 Å². The van der Waals surface area contributed by atoms with Gasteiger partial charge in [0.15, 0.2) is 0 Å². The topological polar surface area (TPSA) is 43.3 Å². The van der Waals surface area contributed by atoms with Gasteiger partial charge in [-0.2, -0.15) is 0 Å². The summed E-state index contributed by atoms with van der Waals surface area (Å²) in [7, 11) is 0. The molecule has 0 fully saturated rings. The standard InChI is InChI=1S/C11H15N3/c1-8(2)9-3-4-11-13-10(5-12)7-14(11)6-9/h3-4,6-8H,5,12H2,1-2H3. The molecule has 2 rings (SSSR count). The van der Waals surface area contributed by atoms with E-state index in [1.54, 1.807) is 0 Å². The van der Waals surface area contributed by atoms with E-state index in [9.17, 15) is 0 Å². The smallest absolute Gasteiger partial charge is 0.137 e. The average Bonchev–Trinajstić information content (AvgIpc) is 2.58. The first-order valence-corrected chi connectivity index (χ1v) is 4.88. The first-order valence-electron chi connectivity index (χ1n) is 4.88. The van der Waals surface area contributed by atoms with Gasteiger partial charge in [0.05, 0.1) is 5.69 Å². The summed E-state index contributed by atoms with van der Waals surface area (Å²) >= 11 is 0. The maximum Gasteiger partial charge on any atom is 0.137 e. The lowest BCUT2D eigenvalue weighted by atomic mass is 10.1. The highest BCUT2D eigenvalue weighted by Gasteiger charge is 2.02. The Balaban J connectivity index is 2.54. The van der Waals surface area contributed by atoms with Gasteiger partial charge in [-0.05, 0) is 17.5 Å². The van der Waals surface area contributed by atoms with E-state index in [4.69, 9.17) is 5.73 Å². The van der Waals surface area contributed by atoms with Crippen molar-refractivity contribution in [3.63, 3.8) is 0 Å². The first kappa shape index (κ1) is 9.21. The van der Waals surface area contributed by atoms with Gasteiger partial charge in [-0.1, -0.05) is 19.9 Å². The van der Waals surface area contributed by atoms with Crippen molar-refractivity contribution in [3.05, 3.63) is 35.8 Å². The fourth-order valence-electron chi connectivity index (χ4n) is 1.50. The predicted molar refractivity (Wildman–Crippen MR) is 57.2 cm³/mol. The van der Waals surface area contributed by atoms with E-state index in [1.165, 1.54) is 5.56 Å². The van der Waals surface area contributed by atoms with E-state index in [2.05, 4.69) is 31.1 Å². The Bertz CT molecular complexity index is 443. The zero-order valence-electron chi connectivity index (χ0n) is 8.57. The Morgan fingerprint density at radius 2 is 2.14 bits per heavy atom.